The van der Waals surface area contributed by atoms with Crippen molar-refractivity contribution >= 4 is 38.9 Å². The van der Waals surface area contributed by atoms with Gasteiger partial charge in [0.1, 0.15) is 11.5 Å². The van der Waals surface area contributed by atoms with E-state index in [4.69, 9.17) is 16.3 Å². The number of hydrogen-bond donors (Lipinski definition) is 1. The van der Waals surface area contributed by atoms with E-state index in [1.165, 1.54) is 16.4 Å². The highest BCUT2D eigenvalue weighted by molar-refractivity contribution is 7.93. The highest BCUT2D eigenvalue weighted by Gasteiger charge is 2.27. The second-order valence-electron chi connectivity index (χ2n) is 6.66. The van der Waals surface area contributed by atoms with Gasteiger partial charge in [0.15, 0.2) is 0 Å². The Kier molecular flexibility index (Phi) is 6.59. The molecule has 28 heavy (non-hydrogen) atoms. The topological polar surface area (TPSA) is 75.7 Å². The number of benzene rings is 2. The van der Waals surface area contributed by atoms with E-state index in [2.05, 4.69) is 5.32 Å². The van der Waals surface area contributed by atoms with Crippen molar-refractivity contribution in [3.8, 4) is 0 Å². The Morgan fingerprint density at radius 1 is 1.21 bits per heavy atom. The van der Waals surface area contributed by atoms with Gasteiger partial charge in [-0.2, -0.15) is 0 Å². The van der Waals surface area contributed by atoms with Crippen LogP contribution in [0.25, 0.3) is 0 Å². The molecule has 2 aromatic carbocycles. The maximum absolute atomic E-state index is 13.2. The molecule has 0 unspecified atom stereocenters. The Morgan fingerprint density at radius 2 is 1.93 bits per heavy atom. The Morgan fingerprint density at radius 3 is 2.57 bits per heavy atom. The zero-order valence-corrected chi connectivity index (χ0v) is 17.2. The van der Waals surface area contributed by atoms with Crippen LogP contribution in [-0.2, 0) is 19.6 Å². The van der Waals surface area contributed by atoms with Crippen molar-refractivity contribution in [2.24, 2.45) is 5.92 Å². The Labute approximate surface area is 170 Å². The van der Waals surface area contributed by atoms with Gasteiger partial charge in [-0.3, -0.25) is 9.10 Å². The number of nitrogens with zero attached hydrogens (tertiary/aromatic N) is 1. The predicted octanol–water partition coefficient (Wildman–Crippen LogP) is 3.92. The van der Waals surface area contributed by atoms with Crippen molar-refractivity contribution in [1.29, 1.82) is 0 Å². The van der Waals surface area contributed by atoms with Crippen LogP contribution >= 0.6 is 11.6 Å². The minimum Gasteiger partial charge on any atom is -0.371 e. The number of carbonyl (C=O) groups excluding carboxylic acids is 1. The average molecular weight is 423 g/mol. The molecule has 8 heteroatoms. The summed E-state index contributed by atoms with van der Waals surface area (Å²) in [5.41, 5.74) is 0.899. The molecule has 0 heterocycles. The summed E-state index contributed by atoms with van der Waals surface area (Å²) in [7, 11) is -3.89. The summed E-state index contributed by atoms with van der Waals surface area (Å²) in [5.74, 6) is 0.236. The molecule has 1 N–H and O–H groups in total. The third-order valence-corrected chi connectivity index (χ3v) is 6.78. The fraction of sp³-hybridized carbons (Fsp3) is 0.350. The van der Waals surface area contributed by atoms with Crippen molar-refractivity contribution in [3.05, 3.63) is 53.6 Å². The minimum atomic E-state index is -3.89. The standard InChI is InChI=1S/C20H23ClN2O4S/c1-2-23(17-6-4-3-5-7-17)28(25,26)19-12-16(10-11-18(19)21)22-20(24)14-27-13-15-8-9-15/h3-7,10-12,15H,2,8-9,13-14H2,1H3,(H,22,24). The van der Waals surface area contributed by atoms with Crippen LogP contribution in [0.3, 0.4) is 0 Å². The van der Waals surface area contributed by atoms with Gasteiger partial charge in [-0.05, 0) is 56.0 Å². The second kappa shape index (κ2) is 8.94. The molecule has 0 atom stereocenters. The maximum atomic E-state index is 13.2. The number of nitrogens with one attached hydrogen (secondary N) is 1. The van der Waals surface area contributed by atoms with Gasteiger partial charge >= 0.3 is 0 Å². The fourth-order valence-electron chi connectivity index (χ4n) is 2.78. The molecule has 0 radical (unpaired) electrons. The van der Waals surface area contributed by atoms with E-state index < -0.39 is 10.0 Å². The molecule has 0 saturated heterocycles. The quantitative estimate of drug-likeness (QED) is 0.664. The number of rotatable bonds is 9. The lowest BCUT2D eigenvalue weighted by atomic mass is 10.3. The third-order valence-electron chi connectivity index (χ3n) is 4.40. The van der Waals surface area contributed by atoms with Crippen molar-refractivity contribution in [2.45, 2.75) is 24.7 Å². The molecule has 1 amide bonds. The van der Waals surface area contributed by atoms with Crippen LogP contribution in [0.2, 0.25) is 5.02 Å². The van der Waals surface area contributed by atoms with Gasteiger partial charge in [0, 0.05) is 12.2 Å². The van der Waals surface area contributed by atoms with E-state index in [-0.39, 0.29) is 29.0 Å². The number of amides is 1. The van der Waals surface area contributed by atoms with Gasteiger partial charge in [-0.25, -0.2) is 8.42 Å². The van der Waals surface area contributed by atoms with Gasteiger partial charge in [0.05, 0.1) is 17.3 Å². The Bertz CT molecular complexity index is 930. The minimum absolute atomic E-state index is 0.0587. The number of halogens is 1. The normalized spacial score (nSPS) is 13.9. The van der Waals surface area contributed by atoms with Gasteiger partial charge in [0.25, 0.3) is 10.0 Å². The summed E-state index contributed by atoms with van der Waals surface area (Å²) in [4.78, 5) is 12.0. The first-order chi connectivity index (χ1) is 13.4. The number of carbonyl (C=O) groups is 1. The fourth-order valence-corrected chi connectivity index (χ4v) is 4.76. The molecule has 0 aliphatic heterocycles. The highest BCUT2D eigenvalue weighted by Crippen LogP contribution is 2.31. The smallest absolute Gasteiger partial charge is 0.265 e. The number of para-hydroxylation sites is 1. The number of anilines is 2. The van der Waals surface area contributed by atoms with E-state index in [9.17, 15) is 13.2 Å². The first-order valence-electron chi connectivity index (χ1n) is 9.16. The summed E-state index contributed by atoms with van der Waals surface area (Å²) >= 11 is 6.19. The number of hydrogen-bond acceptors (Lipinski definition) is 4. The van der Waals surface area contributed by atoms with Gasteiger partial charge in [-0.1, -0.05) is 29.8 Å². The molecule has 0 aromatic heterocycles. The molecular formula is C20H23ClN2O4S. The van der Waals surface area contributed by atoms with Crippen molar-refractivity contribution in [1.82, 2.24) is 0 Å². The SMILES string of the molecule is CCN(c1ccccc1)S(=O)(=O)c1cc(NC(=O)COCC2CC2)ccc1Cl. The number of sulfonamides is 1. The summed E-state index contributed by atoms with van der Waals surface area (Å²) < 4.78 is 33.0. The van der Waals surface area contributed by atoms with Crippen LogP contribution in [0.4, 0.5) is 11.4 Å². The zero-order valence-electron chi connectivity index (χ0n) is 15.6. The van der Waals surface area contributed by atoms with Crippen molar-refractivity contribution in [2.75, 3.05) is 29.4 Å². The van der Waals surface area contributed by atoms with Crippen LogP contribution in [0.5, 0.6) is 0 Å². The van der Waals surface area contributed by atoms with Crippen LogP contribution < -0.4 is 9.62 Å². The van der Waals surface area contributed by atoms with Crippen LogP contribution in [0, 0.1) is 5.92 Å². The molecule has 150 valence electrons. The van der Waals surface area contributed by atoms with E-state index in [1.807, 2.05) is 6.07 Å². The zero-order chi connectivity index (χ0) is 20.1. The van der Waals surface area contributed by atoms with Gasteiger partial charge in [0.2, 0.25) is 5.91 Å². The first kappa shape index (κ1) is 20.6. The molecule has 2 aromatic rings. The van der Waals surface area contributed by atoms with Gasteiger partial charge < -0.3 is 10.1 Å². The predicted molar refractivity (Wildman–Crippen MR) is 110 cm³/mol. The average Bonchev–Trinajstić information content (AvgIpc) is 3.49. The van der Waals surface area contributed by atoms with Crippen LogP contribution in [0.15, 0.2) is 53.4 Å². The largest absolute Gasteiger partial charge is 0.371 e. The second-order valence-corrected chi connectivity index (χ2v) is 8.90. The molecule has 0 bridgehead atoms. The lowest BCUT2D eigenvalue weighted by Crippen LogP contribution is -2.31. The Balaban J connectivity index is 1.78. The maximum Gasteiger partial charge on any atom is 0.265 e. The molecule has 1 saturated carbocycles. The molecule has 6 nitrogen and oxygen atoms in total. The lowest BCUT2D eigenvalue weighted by Gasteiger charge is -2.23. The number of ether oxygens (including phenoxy) is 1. The highest BCUT2D eigenvalue weighted by atomic mass is 35.5. The van der Waals surface area contributed by atoms with Crippen LogP contribution in [0.1, 0.15) is 19.8 Å². The van der Waals surface area contributed by atoms with Crippen molar-refractivity contribution < 1.29 is 17.9 Å². The van der Waals surface area contributed by atoms with Gasteiger partial charge in [-0.15, -0.1) is 0 Å². The third kappa shape index (κ3) is 5.04. The summed E-state index contributed by atoms with van der Waals surface area (Å²) in [6.07, 6.45) is 2.30. The summed E-state index contributed by atoms with van der Waals surface area (Å²) in [6.45, 7) is 2.51. The van der Waals surface area contributed by atoms with E-state index >= 15 is 0 Å². The van der Waals surface area contributed by atoms with E-state index in [1.54, 1.807) is 37.3 Å². The molecule has 1 fully saturated rings. The summed E-state index contributed by atoms with van der Waals surface area (Å²) in [6, 6.07) is 13.2. The molecule has 1 aliphatic rings. The molecule has 3 rings (SSSR count). The van der Waals surface area contributed by atoms with Crippen molar-refractivity contribution in [3.63, 3.8) is 0 Å². The molecule has 0 spiro atoms. The monoisotopic (exact) mass is 422 g/mol. The Hall–Kier alpha value is -2.09. The first-order valence-corrected chi connectivity index (χ1v) is 11.0. The van der Waals surface area contributed by atoms with E-state index in [0.29, 0.717) is 23.9 Å². The molecular weight excluding hydrogens is 400 g/mol. The van der Waals surface area contributed by atoms with Crippen LogP contribution in [-0.4, -0.2) is 34.1 Å². The molecule has 1 aliphatic carbocycles. The lowest BCUT2D eigenvalue weighted by molar-refractivity contribution is -0.120. The van der Waals surface area contributed by atoms with E-state index in [0.717, 1.165) is 12.8 Å². The summed E-state index contributed by atoms with van der Waals surface area (Å²) in [5, 5.41) is 2.76.